The Kier molecular flexibility index (Phi) is 5.45. The molecule has 7 heteroatoms. The molecule has 0 spiro atoms. The lowest BCUT2D eigenvalue weighted by atomic mass is 10.1. The first-order valence-electron chi connectivity index (χ1n) is 7.92. The summed E-state index contributed by atoms with van der Waals surface area (Å²) in [5.74, 6) is -1.06. The van der Waals surface area contributed by atoms with E-state index in [-0.39, 0.29) is 5.75 Å². The Labute approximate surface area is 150 Å². The van der Waals surface area contributed by atoms with Crippen molar-refractivity contribution < 1.29 is 13.2 Å². The van der Waals surface area contributed by atoms with Gasteiger partial charge in [0.1, 0.15) is 5.75 Å². The van der Waals surface area contributed by atoms with Crippen molar-refractivity contribution in [1.82, 2.24) is 4.98 Å². The zero-order chi connectivity index (χ0) is 17.7. The smallest absolute Gasteiger partial charge is 0.241 e. The van der Waals surface area contributed by atoms with Crippen molar-refractivity contribution in [2.45, 2.75) is 12.8 Å². The van der Waals surface area contributed by atoms with Crippen LogP contribution >= 0.6 is 11.3 Å². The molecule has 1 heterocycles. The second-order valence-corrected chi connectivity index (χ2v) is 8.93. The van der Waals surface area contributed by atoms with Gasteiger partial charge in [0, 0.05) is 0 Å². The predicted molar refractivity (Wildman–Crippen MR) is 102 cm³/mol. The van der Waals surface area contributed by atoms with E-state index in [9.17, 15) is 13.2 Å². The molecule has 1 N–H and O–H groups in total. The zero-order valence-corrected chi connectivity index (χ0v) is 15.1. The number of sulfone groups is 1. The minimum atomic E-state index is -3.44. The normalized spacial score (nSPS) is 11.5. The van der Waals surface area contributed by atoms with Gasteiger partial charge in [-0.25, -0.2) is 13.4 Å². The van der Waals surface area contributed by atoms with E-state index in [4.69, 9.17) is 0 Å². The molecule has 0 aliphatic heterocycles. The van der Waals surface area contributed by atoms with Crippen LogP contribution in [0.5, 0.6) is 0 Å². The molecule has 0 radical (unpaired) electrons. The first-order valence-corrected chi connectivity index (χ1v) is 10.6. The molecular formula is C18H18N2O3S2. The van der Waals surface area contributed by atoms with Crippen molar-refractivity contribution in [1.29, 1.82) is 0 Å². The van der Waals surface area contributed by atoms with Gasteiger partial charge in [0.25, 0.3) is 0 Å². The van der Waals surface area contributed by atoms with Gasteiger partial charge in [-0.1, -0.05) is 53.8 Å². The highest BCUT2D eigenvalue weighted by atomic mass is 32.2. The maximum Gasteiger partial charge on any atom is 0.241 e. The van der Waals surface area contributed by atoms with Crippen LogP contribution in [-0.2, 0) is 21.1 Å². The molecule has 0 saturated carbocycles. The largest absolute Gasteiger partial charge is 0.301 e. The topological polar surface area (TPSA) is 76.1 Å². The van der Waals surface area contributed by atoms with Gasteiger partial charge in [-0.05, 0) is 30.5 Å². The molecule has 25 heavy (non-hydrogen) atoms. The number of aryl methyl sites for hydroxylation is 1. The Bertz CT molecular complexity index is 933. The Morgan fingerprint density at radius 2 is 1.76 bits per heavy atom. The Hall–Kier alpha value is -2.25. The number of carbonyl (C=O) groups excluding carboxylic acids is 1. The number of aromatic nitrogens is 1. The van der Waals surface area contributed by atoms with Gasteiger partial charge in [0.2, 0.25) is 5.91 Å². The molecule has 130 valence electrons. The highest BCUT2D eigenvalue weighted by Gasteiger charge is 2.17. The maximum absolute atomic E-state index is 12.1. The molecule has 1 amide bonds. The third-order valence-corrected chi connectivity index (χ3v) is 6.22. The van der Waals surface area contributed by atoms with Crippen LogP contribution in [0.15, 0.2) is 54.6 Å². The summed E-state index contributed by atoms with van der Waals surface area (Å²) in [6.07, 6.45) is 1.18. The van der Waals surface area contributed by atoms with Gasteiger partial charge >= 0.3 is 0 Å². The van der Waals surface area contributed by atoms with Crippen molar-refractivity contribution in [2.24, 2.45) is 0 Å². The summed E-state index contributed by atoms with van der Waals surface area (Å²) in [7, 11) is -3.44. The van der Waals surface area contributed by atoms with Crippen molar-refractivity contribution in [3.8, 4) is 0 Å². The van der Waals surface area contributed by atoms with Crippen LogP contribution in [0.25, 0.3) is 10.2 Å². The molecular weight excluding hydrogens is 356 g/mol. The molecule has 0 saturated heterocycles. The van der Waals surface area contributed by atoms with E-state index in [2.05, 4.69) is 10.3 Å². The number of hydrogen-bond donors (Lipinski definition) is 1. The van der Waals surface area contributed by atoms with E-state index in [1.807, 2.05) is 54.6 Å². The van der Waals surface area contributed by atoms with Crippen LogP contribution in [0, 0.1) is 0 Å². The fourth-order valence-electron chi connectivity index (χ4n) is 2.49. The fraction of sp³-hybridized carbons (Fsp3) is 0.222. The molecule has 1 aromatic heterocycles. The minimum Gasteiger partial charge on any atom is -0.301 e. The molecule has 5 nitrogen and oxygen atoms in total. The number of carbonyl (C=O) groups is 1. The predicted octanol–water partition coefficient (Wildman–Crippen LogP) is 3.28. The van der Waals surface area contributed by atoms with Gasteiger partial charge in [0.05, 0.1) is 16.0 Å². The highest BCUT2D eigenvalue weighted by molar-refractivity contribution is 7.92. The van der Waals surface area contributed by atoms with E-state index in [0.717, 1.165) is 15.8 Å². The van der Waals surface area contributed by atoms with Gasteiger partial charge in [-0.2, -0.15) is 0 Å². The lowest BCUT2D eigenvalue weighted by Crippen LogP contribution is -2.24. The molecule has 0 aliphatic rings. The van der Waals surface area contributed by atoms with Gasteiger partial charge < -0.3 is 5.32 Å². The number of nitrogens with one attached hydrogen (secondary N) is 1. The number of hydrogen-bond acceptors (Lipinski definition) is 5. The molecule has 0 unspecified atom stereocenters. The second kappa shape index (κ2) is 7.76. The molecule has 0 atom stereocenters. The third kappa shape index (κ3) is 5.11. The fourth-order valence-corrected chi connectivity index (χ4v) is 4.58. The molecule has 0 bridgehead atoms. The number of para-hydroxylation sites is 1. The van der Waals surface area contributed by atoms with Crippen LogP contribution in [0.4, 0.5) is 5.13 Å². The number of nitrogens with zero attached hydrogens (tertiary/aromatic N) is 1. The zero-order valence-electron chi connectivity index (χ0n) is 13.5. The van der Waals surface area contributed by atoms with E-state index < -0.39 is 21.5 Å². The first kappa shape index (κ1) is 17.6. The van der Waals surface area contributed by atoms with Crippen LogP contribution in [0.1, 0.15) is 12.0 Å². The van der Waals surface area contributed by atoms with E-state index >= 15 is 0 Å². The van der Waals surface area contributed by atoms with Crippen LogP contribution in [-0.4, -0.2) is 30.8 Å². The first-order chi connectivity index (χ1) is 12.0. The van der Waals surface area contributed by atoms with E-state index in [1.165, 1.54) is 11.3 Å². The minimum absolute atomic E-state index is 0.00480. The number of rotatable bonds is 7. The lowest BCUT2D eigenvalue weighted by molar-refractivity contribution is -0.113. The summed E-state index contributed by atoms with van der Waals surface area (Å²) < 4.78 is 25.2. The molecule has 3 rings (SSSR count). The van der Waals surface area contributed by atoms with Crippen LogP contribution in [0.2, 0.25) is 0 Å². The van der Waals surface area contributed by atoms with E-state index in [0.29, 0.717) is 18.0 Å². The Balaban J connectivity index is 1.52. The SMILES string of the molecule is O=C(CS(=O)(=O)CCCc1ccccc1)Nc1nc2ccccc2s1. The summed E-state index contributed by atoms with van der Waals surface area (Å²) in [5, 5.41) is 3.01. The summed E-state index contributed by atoms with van der Waals surface area (Å²) in [6.45, 7) is 0. The molecule has 0 aliphatic carbocycles. The van der Waals surface area contributed by atoms with Gasteiger partial charge in [-0.3, -0.25) is 4.79 Å². The number of amides is 1. The summed E-state index contributed by atoms with van der Waals surface area (Å²) in [4.78, 5) is 16.3. The van der Waals surface area contributed by atoms with Crippen molar-refractivity contribution in [2.75, 3.05) is 16.8 Å². The molecule has 2 aromatic carbocycles. The number of thiazole rings is 1. The average Bonchev–Trinajstić information content (AvgIpc) is 2.97. The Morgan fingerprint density at radius 3 is 2.52 bits per heavy atom. The number of fused-ring (bicyclic) bond motifs is 1. The van der Waals surface area contributed by atoms with Crippen LogP contribution in [0.3, 0.4) is 0 Å². The maximum atomic E-state index is 12.1. The van der Waals surface area contributed by atoms with Crippen molar-refractivity contribution in [3.63, 3.8) is 0 Å². The summed E-state index contributed by atoms with van der Waals surface area (Å²) in [6, 6.07) is 17.2. The number of anilines is 1. The Morgan fingerprint density at radius 1 is 1.04 bits per heavy atom. The lowest BCUT2D eigenvalue weighted by Gasteiger charge is -2.05. The summed E-state index contributed by atoms with van der Waals surface area (Å²) >= 11 is 1.33. The highest BCUT2D eigenvalue weighted by Crippen LogP contribution is 2.25. The van der Waals surface area contributed by atoms with Crippen molar-refractivity contribution >= 4 is 42.4 Å². The quantitative estimate of drug-likeness (QED) is 0.688. The number of benzene rings is 2. The van der Waals surface area contributed by atoms with Crippen LogP contribution < -0.4 is 5.32 Å². The second-order valence-electron chi connectivity index (χ2n) is 5.72. The average molecular weight is 374 g/mol. The third-order valence-electron chi connectivity index (χ3n) is 3.65. The standard InChI is InChI=1S/C18H18N2O3S2/c21-17(20-18-19-15-10-4-5-11-16(15)24-18)13-25(22,23)12-6-9-14-7-2-1-3-8-14/h1-5,7-8,10-11H,6,9,12-13H2,(H,19,20,21). The molecule has 3 aromatic rings. The van der Waals surface area contributed by atoms with Gasteiger partial charge in [0.15, 0.2) is 15.0 Å². The summed E-state index contributed by atoms with van der Waals surface area (Å²) in [5.41, 5.74) is 1.88. The van der Waals surface area contributed by atoms with Crippen molar-refractivity contribution in [3.05, 3.63) is 60.2 Å². The monoisotopic (exact) mass is 374 g/mol. The van der Waals surface area contributed by atoms with E-state index in [1.54, 1.807) is 0 Å². The molecule has 0 fully saturated rings. The van der Waals surface area contributed by atoms with Gasteiger partial charge in [-0.15, -0.1) is 0 Å².